The summed E-state index contributed by atoms with van der Waals surface area (Å²) in [5.41, 5.74) is 1.02. The molecule has 1 saturated heterocycles. The number of hydrogen-bond acceptors (Lipinski definition) is 4. The van der Waals surface area contributed by atoms with Gasteiger partial charge >= 0.3 is 5.97 Å². The van der Waals surface area contributed by atoms with Crippen LogP contribution in [0.1, 0.15) is 43.8 Å². The summed E-state index contributed by atoms with van der Waals surface area (Å²) in [7, 11) is 0. The lowest BCUT2D eigenvalue weighted by molar-refractivity contribution is -0.156. The summed E-state index contributed by atoms with van der Waals surface area (Å²) in [5, 5.41) is 13.7. The molecule has 2 aliphatic rings. The van der Waals surface area contributed by atoms with E-state index in [4.69, 9.17) is 9.84 Å². The molecule has 21 heavy (non-hydrogen) atoms. The van der Waals surface area contributed by atoms with Crippen molar-refractivity contribution >= 4 is 5.97 Å². The van der Waals surface area contributed by atoms with E-state index < -0.39 is 12.1 Å². The van der Waals surface area contributed by atoms with Crippen LogP contribution in [0, 0.1) is 0 Å². The average molecular weight is 293 g/mol. The zero-order chi connectivity index (χ0) is 14.7. The van der Waals surface area contributed by atoms with Gasteiger partial charge in [0.25, 0.3) is 0 Å². The Bertz CT molecular complexity index is 482. The Kier molecular flexibility index (Phi) is 4.55. The Morgan fingerprint density at radius 1 is 1.38 bits per heavy atom. The second-order valence-corrected chi connectivity index (χ2v) is 6.01. The predicted octanol–water partition coefficient (Wildman–Crippen LogP) is 1.67. The van der Waals surface area contributed by atoms with Gasteiger partial charge in [0.1, 0.15) is 0 Å². The van der Waals surface area contributed by atoms with Gasteiger partial charge in [-0.2, -0.15) is 5.10 Å². The molecule has 116 valence electrons. The highest BCUT2D eigenvalue weighted by molar-refractivity contribution is 5.72. The van der Waals surface area contributed by atoms with E-state index >= 15 is 0 Å². The van der Waals surface area contributed by atoms with E-state index in [1.54, 1.807) is 0 Å². The highest BCUT2D eigenvalue weighted by atomic mass is 16.5. The lowest BCUT2D eigenvalue weighted by Crippen LogP contribution is -2.45. The number of carboxylic acid groups (broad SMARTS) is 1. The van der Waals surface area contributed by atoms with Crippen molar-refractivity contribution in [3.8, 4) is 0 Å². The Labute approximate surface area is 124 Å². The Morgan fingerprint density at radius 2 is 2.19 bits per heavy atom. The molecule has 1 saturated carbocycles. The van der Waals surface area contributed by atoms with Crippen LogP contribution in [0.25, 0.3) is 0 Å². The van der Waals surface area contributed by atoms with Gasteiger partial charge in [-0.1, -0.05) is 19.3 Å². The molecule has 2 fully saturated rings. The first-order valence-electron chi connectivity index (χ1n) is 7.83. The first-order valence-corrected chi connectivity index (χ1v) is 7.83. The van der Waals surface area contributed by atoms with Gasteiger partial charge in [0.15, 0.2) is 6.10 Å². The van der Waals surface area contributed by atoms with Crippen LogP contribution in [0.15, 0.2) is 12.3 Å². The molecule has 1 N–H and O–H groups in total. The molecule has 6 nitrogen and oxygen atoms in total. The van der Waals surface area contributed by atoms with Crippen LogP contribution in [0.2, 0.25) is 0 Å². The van der Waals surface area contributed by atoms with Crippen molar-refractivity contribution < 1.29 is 14.6 Å². The van der Waals surface area contributed by atoms with E-state index in [0.29, 0.717) is 25.7 Å². The van der Waals surface area contributed by atoms with E-state index in [2.05, 4.69) is 26.9 Å². The first-order chi connectivity index (χ1) is 10.2. The second kappa shape index (κ2) is 6.58. The molecule has 0 radical (unpaired) electrons. The van der Waals surface area contributed by atoms with Gasteiger partial charge in [-0.05, 0) is 18.9 Å². The van der Waals surface area contributed by atoms with Crippen LogP contribution < -0.4 is 0 Å². The van der Waals surface area contributed by atoms with Crippen LogP contribution in [0.3, 0.4) is 0 Å². The molecule has 0 spiro atoms. The van der Waals surface area contributed by atoms with Crippen molar-refractivity contribution in [2.45, 2.75) is 50.8 Å². The van der Waals surface area contributed by atoms with Crippen molar-refractivity contribution in [1.29, 1.82) is 0 Å². The molecule has 2 heterocycles. The number of carboxylic acids is 1. The Morgan fingerprint density at radius 3 is 2.95 bits per heavy atom. The number of ether oxygens (including phenoxy) is 1. The highest BCUT2D eigenvalue weighted by Crippen LogP contribution is 2.27. The van der Waals surface area contributed by atoms with Crippen LogP contribution in [-0.4, -0.2) is 51.6 Å². The smallest absolute Gasteiger partial charge is 0.334 e. The molecule has 0 amide bonds. The van der Waals surface area contributed by atoms with Crippen molar-refractivity contribution in [3.05, 3.63) is 18.0 Å². The third kappa shape index (κ3) is 3.63. The topological polar surface area (TPSA) is 67.6 Å². The maximum Gasteiger partial charge on any atom is 0.334 e. The summed E-state index contributed by atoms with van der Waals surface area (Å²) < 4.78 is 7.34. The molecule has 3 rings (SSSR count). The molecule has 1 aliphatic heterocycles. The second-order valence-electron chi connectivity index (χ2n) is 6.01. The number of morpholine rings is 1. The third-order valence-electron chi connectivity index (χ3n) is 4.42. The molecule has 6 heteroatoms. The lowest BCUT2D eigenvalue weighted by atomic mass is 9.96. The molecule has 1 aromatic heterocycles. The van der Waals surface area contributed by atoms with Crippen molar-refractivity contribution in [1.82, 2.24) is 14.7 Å². The monoisotopic (exact) mass is 293 g/mol. The van der Waals surface area contributed by atoms with Gasteiger partial charge in [-0.15, -0.1) is 0 Å². The van der Waals surface area contributed by atoms with Crippen LogP contribution in [-0.2, 0) is 16.1 Å². The van der Waals surface area contributed by atoms with Crippen LogP contribution in [0.5, 0.6) is 0 Å². The zero-order valence-corrected chi connectivity index (χ0v) is 12.3. The summed E-state index contributed by atoms with van der Waals surface area (Å²) in [6, 6.07) is 2.60. The van der Waals surface area contributed by atoms with E-state index in [0.717, 1.165) is 12.2 Å². The normalized spacial score (nSPS) is 25.0. The number of rotatable bonds is 4. The van der Waals surface area contributed by atoms with E-state index in [1.807, 2.05) is 0 Å². The van der Waals surface area contributed by atoms with Gasteiger partial charge in [0.05, 0.1) is 18.3 Å². The molecule has 1 unspecified atom stereocenters. The minimum atomic E-state index is -0.882. The van der Waals surface area contributed by atoms with Crippen LogP contribution in [0.4, 0.5) is 0 Å². The highest BCUT2D eigenvalue weighted by Gasteiger charge is 2.26. The van der Waals surface area contributed by atoms with Gasteiger partial charge in [0.2, 0.25) is 0 Å². The number of carbonyl (C=O) groups is 1. The molecular weight excluding hydrogens is 270 g/mol. The molecule has 1 aromatic rings. The van der Waals surface area contributed by atoms with Gasteiger partial charge < -0.3 is 9.84 Å². The van der Waals surface area contributed by atoms with E-state index in [9.17, 15) is 4.79 Å². The van der Waals surface area contributed by atoms with E-state index in [-0.39, 0.29) is 0 Å². The Balaban J connectivity index is 1.57. The SMILES string of the molecule is O=C(O)C1CN(Cc2ccn(C3CCCCC3)n2)CCO1. The largest absolute Gasteiger partial charge is 0.479 e. The number of aliphatic carboxylic acids is 1. The van der Waals surface area contributed by atoms with Crippen LogP contribution >= 0.6 is 0 Å². The lowest BCUT2D eigenvalue weighted by Gasteiger charge is -2.30. The third-order valence-corrected chi connectivity index (χ3v) is 4.42. The summed E-state index contributed by atoms with van der Waals surface area (Å²) in [6.07, 6.45) is 7.74. The molecule has 0 bridgehead atoms. The molecule has 1 aliphatic carbocycles. The van der Waals surface area contributed by atoms with Gasteiger partial charge in [-0.25, -0.2) is 4.79 Å². The fourth-order valence-electron chi connectivity index (χ4n) is 3.24. The fraction of sp³-hybridized carbons (Fsp3) is 0.733. The molecule has 1 atom stereocenters. The van der Waals surface area contributed by atoms with Gasteiger partial charge in [0, 0.05) is 25.8 Å². The first kappa shape index (κ1) is 14.5. The quantitative estimate of drug-likeness (QED) is 0.914. The maximum atomic E-state index is 11.0. The zero-order valence-electron chi connectivity index (χ0n) is 12.3. The summed E-state index contributed by atoms with van der Waals surface area (Å²) in [6.45, 7) is 2.37. The number of hydrogen-bond donors (Lipinski definition) is 1. The van der Waals surface area contributed by atoms with Crippen molar-refractivity contribution in [3.63, 3.8) is 0 Å². The van der Waals surface area contributed by atoms with Crippen molar-refractivity contribution in [2.75, 3.05) is 19.7 Å². The maximum absolute atomic E-state index is 11.0. The Hall–Kier alpha value is -1.40. The standard InChI is InChI=1S/C15H23N3O3/c19-15(20)14-11-17(8-9-21-14)10-12-6-7-18(16-12)13-4-2-1-3-5-13/h6-7,13-14H,1-5,8-11H2,(H,19,20). The fourth-order valence-corrected chi connectivity index (χ4v) is 3.24. The predicted molar refractivity (Wildman–Crippen MR) is 77.0 cm³/mol. The van der Waals surface area contributed by atoms with E-state index in [1.165, 1.54) is 32.1 Å². The minimum absolute atomic E-state index is 0.436. The average Bonchev–Trinajstić information content (AvgIpc) is 2.97. The molecular formula is C15H23N3O3. The van der Waals surface area contributed by atoms with Gasteiger partial charge in [-0.3, -0.25) is 9.58 Å². The summed E-state index contributed by atoms with van der Waals surface area (Å²) in [4.78, 5) is 13.1. The number of aromatic nitrogens is 2. The number of nitrogens with zero attached hydrogens (tertiary/aromatic N) is 3. The summed E-state index contributed by atoms with van der Waals surface area (Å²) in [5.74, 6) is -0.882. The summed E-state index contributed by atoms with van der Waals surface area (Å²) >= 11 is 0. The molecule has 0 aromatic carbocycles. The minimum Gasteiger partial charge on any atom is -0.479 e. The van der Waals surface area contributed by atoms with Crippen molar-refractivity contribution in [2.24, 2.45) is 0 Å².